The molecule has 3 nitrogen and oxygen atoms in total. The number of hydrogen-bond acceptors (Lipinski definition) is 3. The molecular formula is C13H25F3N2O. The highest BCUT2D eigenvalue weighted by Crippen LogP contribution is 2.17. The van der Waals surface area contributed by atoms with Gasteiger partial charge in [-0.05, 0) is 12.3 Å². The molecule has 0 aromatic carbocycles. The molecule has 1 heterocycles. The standard InChI is InChI=1S/C13H25F3N2O/c1-3-11(2)12-9-17-5-7-18(12)6-4-8-19-10-13(14,15)16/h11-12,17H,3-10H2,1-2H3. The highest BCUT2D eigenvalue weighted by Gasteiger charge is 2.28. The van der Waals surface area contributed by atoms with E-state index < -0.39 is 12.8 Å². The van der Waals surface area contributed by atoms with Gasteiger partial charge in [0.15, 0.2) is 0 Å². The molecule has 2 atom stereocenters. The second-order valence-corrected chi connectivity index (χ2v) is 5.21. The highest BCUT2D eigenvalue weighted by molar-refractivity contribution is 4.83. The minimum Gasteiger partial charge on any atom is -0.372 e. The van der Waals surface area contributed by atoms with Crippen LogP contribution in [-0.2, 0) is 4.74 Å². The van der Waals surface area contributed by atoms with Crippen LogP contribution in [0.1, 0.15) is 26.7 Å². The lowest BCUT2D eigenvalue weighted by atomic mass is 9.96. The Kier molecular flexibility index (Phi) is 7.10. The molecule has 0 amide bonds. The van der Waals surface area contributed by atoms with Gasteiger partial charge in [-0.1, -0.05) is 20.3 Å². The third-order valence-electron chi connectivity index (χ3n) is 3.70. The molecule has 1 N–H and O–H groups in total. The molecule has 0 spiro atoms. The van der Waals surface area contributed by atoms with Gasteiger partial charge in [0.1, 0.15) is 6.61 Å². The second kappa shape index (κ2) is 8.07. The van der Waals surface area contributed by atoms with Gasteiger partial charge in [0, 0.05) is 38.8 Å². The van der Waals surface area contributed by atoms with Crippen molar-refractivity contribution in [1.29, 1.82) is 0 Å². The summed E-state index contributed by atoms with van der Waals surface area (Å²) in [6, 6.07) is 0.487. The van der Waals surface area contributed by atoms with Gasteiger partial charge in [-0.2, -0.15) is 13.2 Å². The molecule has 0 bridgehead atoms. The summed E-state index contributed by atoms with van der Waals surface area (Å²) in [6.45, 7) is 7.15. The Morgan fingerprint density at radius 2 is 2.16 bits per heavy atom. The van der Waals surface area contributed by atoms with Crippen LogP contribution in [0.3, 0.4) is 0 Å². The average molecular weight is 282 g/mol. The highest BCUT2D eigenvalue weighted by atomic mass is 19.4. The van der Waals surface area contributed by atoms with Crippen LogP contribution in [0.15, 0.2) is 0 Å². The zero-order valence-corrected chi connectivity index (χ0v) is 11.8. The molecule has 1 aliphatic rings. The molecule has 6 heteroatoms. The molecule has 114 valence electrons. The molecule has 1 aliphatic heterocycles. The molecule has 0 aromatic heterocycles. The van der Waals surface area contributed by atoms with Crippen molar-refractivity contribution < 1.29 is 17.9 Å². The second-order valence-electron chi connectivity index (χ2n) is 5.21. The predicted molar refractivity (Wildman–Crippen MR) is 69.2 cm³/mol. The van der Waals surface area contributed by atoms with Gasteiger partial charge in [0.2, 0.25) is 0 Å². The fraction of sp³-hybridized carbons (Fsp3) is 1.00. The maximum Gasteiger partial charge on any atom is 0.411 e. The summed E-state index contributed by atoms with van der Waals surface area (Å²) in [6.07, 6.45) is -2.44. The number of ether oxygens (including phenoxy) is 1. The van der Waals surface area contributed by atoms with Gasteiger partial charge in [-0.3, -0.25) is 4.90 Å². The van der Waals surface area contributed by atoms with Crippen LogP contribution in [0.5, 0.6) is 0 Å². The number of hydrogen-bond donors (Lipinski definition) is 1. The van der Waals surface area contributed by atoms with E-state index in [1.807, 2.05) is 0 Å². The zero-order valence-electron chi connectivity index (χ0n) is 11.8. The maximum atomic E-state index is 11.9. The number of nitrogens with zero attached hydrogens (tertiary/aromatic N) is 1. The molecule has 2 unspecified atom stereocenters. The monoisotopic (exact) mass is 282 g/mol. The van der Waals surface area contributed by atoms with Crippen LogP contribution in [0.4, 0.5) is 13.2 Å². The lowest BCUT2D eigenvalue weighted by molar-refractivity contribution is -0.174. The molecule has 0 aliphatic carbocycles. The Bertz CT molecular complexity index is 249. The first-order valence-corrected chi connectivity index (χ1v) is 7.03. The number of nitrogens with one attached hydrogen (secondary N) is 1. The minimum atomic E-state index is -4.21. The van der Waals surface area contributed by atoms with E-state index in [2.05, 4.69) is 28.8 Å². The molecule has 19 heavy (non-hydrogen) atoms. The SMILES string of the molecule is CCC(C)C1CNCCN1CCCOCC(F)(F)F. The van der Waals surface area contributed by atoms with Crippen molar-refractivity contribution in [3.05, 3.63) is 0 Å². The number of piperazine rings is 1. The normalized spacial score (nSPS) is 23.5. The predicted octanol–water partition coefficient (Wildman–Crippen LogP) is 2.28. The Morgan fingerprint density at radius 1 is 1.42 bits per heavy atom. The average Bonchev–Trinajstić information content (AvgIpc) is 2.36. The Balaban J connectivity index is 2.22. The smallest absolute Gasteiger partial charge is 0.372 e. The van der Waals surface area contributed by atoms with E-state index in [1.165, 1.54) is 0 Å². The first kappa shape index (κ1) is 16.7. The van der Waals surface area contributed by atoms with Gasteiger partial charge < -0.3 is 10.1 Å². The van der Waals surface area contributed by atoms with Crippen LogP contribution < -0.4 is 5.32 Å². The quantitative estimate of drug-likeness (QED) is 0.725. The van der Waals surface area contributed by atoms with E-state index >= 15 is 0 Å². The maximum absolute atomic E-state index is 11.9. The zero-order chi connectivity index (χ0) is 14.3. The number of rotatable bonds is 7. The summed E-state index contributed by atoms with van der Waals surface area (Å²) in [5.74, 6) is 0.601. The summed E-state index contributed by atoms with van der Waals surface area (Å²) < 4.78 is 40.4. The third kappa shape index (κ3) is 6.58. The lowest BCUT2D eigenvalue weighted by Crippen LogP contribution is -2.54. The molecule has 0 saturated carbocycles. The Hall–Kier alpha value is -0.330. The minimum absolute atomic E-state index is 0.177. The van der Waals surface area contributed by atoms with Crippen molar-refractivity contribution in [2.45, 2.75) is 38.9 Å². The number of alkyl halides is 3. The molecule has 0 aromatic rings. The van der Waals surface area contributed by atoms with Crippen LogP contribution in [0.25, 0.3) is 0 Å². The first-order chi connectivity index (χ1) is 8.94. The van der Waals surface area contributed by atoms with Crippen LogP contribution in [0.2, 0.25) is 0 Å². The summed E-state index contributed by atoms with van der Waals surface area (Å²) in [7, 11) is 0. The third-order valence-corrected chi connectivity index (χ3v) is 3.70. The fourth-order valence-corrected chi connectivity index (χ4v) is 2.44. The van der Waals surface area contributed by atoms with E-state index in [0.29, 0.717) is 18.4 Å². The molecule has 1 rings (SSSR count). The van der Waals surface area contributed by atoms with Crippen LogP contribution in [-0.4, -0.2) is 56.5 Å². The van der Waals surface area contributed by atoms with Crippen LogP contribution >= 0.6 is 0 Å². The van der Waals surface area contributed by atoms with Gasteiger partial charge >= 0.3 is 6.18 Å². The van der Waals surface area contributed by atoms with Gasteiger partial charge in [-0.25, -0.2) is 0 Å². The van der Waals surface area contributed by atoms with Crippen molar-refractivity contribution in [2.75, 3.05) is 39.4 Å². The summed E-state index contributed by atoms with van der Waals surface area (Å²) in [5.41, 5.74) is 0. The Labute approximate surface area is 113 Å². The topological polar surface area (TPSA) is 24.5 Å². The number of halogens is 3. The largest absolute Gasteiger partial charge is 0.411 e. The molecule has 1 saturated heterocycles. The van der Waals surface area contributed by atoms with E-state index in [4.69, 9.17) is 0 Å². The fourth-order valence-electron chi connectivity index (χ4n) is 2.44. The first-order valence-electron chi connectivity index (χ1n) is 7.03. The lowest BCUT2D eigenvalue weighted by Gasteiger charge is -2.39. The van der Waals surface area contributed by atoms with Crippen molar-refractivity contribution in [3.63, 3.8) is 0 Å². The van der Waals surface area contributed by atoms with E-state index in [-0.39, 0.29) is 6.61 Å². The van der Waals surface area contributed by atoms with E-state index in [9.17, 15) is 13.2 Å². The van der Waals surface area contributed by atoms with Crippen molar-refractivity contribution in [3.8, 4) is 0 Å². The van der Waals surface area contributed by atoms with Gasteiger partial charge in [-0.15, -0.1) is 0 Å². The van der Waals surface area contributed by atoms with E-state index in [0.717, 1.165) is 32.6 Å². The summed E-state index contributed by atoms with van der Waals surface area (Å²) >= 11 is 0. The summed E-state index contributed by atoms with van der Waals surface area (Å²) in [5, 5.41) is 3.38. The molecule has 0 radical (unpaired) electrons. The van der Waals surface area contributed by atoms with Crippen molar-refractivity contribution >= 4 is 0 Å². The summed E-state index contributed by atoms with van der Waals surface area (Å²) in [4.78, 5) is 2.38. The van der Waals surface area contributed by atoms with Crippen LogP contribution in [0, 0.1) is 5.92 Å². The van der Waals surface area contributed by atoms with Crippen molar-refractivity contribution in [1.82, 2.24) is 10.2 Å². The van der Waals surface area contributed by atoms with Gasteiger partial charge in [0.25, 0.3) is 0 Å². The van der Waals surface area contributed by atoms with E-state index in [1.54, 1.807) is 0 Å². The molecular weight excluding hydrogens is 257 g/mol. The van der Waals surface area contributed by atoms with Gasteiger partial charge in [0.05, 0.1) is 0 Å². The van der Waals surface area contributed by atoms with Crippen molar-refractivity contribution in [2.24, 2.45) is 5.92 Å². The Morgan fingerprint density at radius 3 is 2.79 bits per heavy atom. The molecule has 1 fully saturated rings.